The van der Waals surface area contributed by atoms with Crippen LogP contribution in [0.5, 0.6) is 0 Å². The molecule has 1 N–H and O–H groups in total. The molecule has 0 unspecified atom stereocenters. The average Bonchev–Trinajstić information content (AvgIpc) is 2.96. The number of hydrogen-bond acceptors (Lipinski definition) is 5. The van der Waals surface area contributed by atoms with E-state index in [0.717, 1.165) is 11.3 Å². The van der Waals surface area contributed by atoms with Gasteiger partial charge in [-0.2, -0.15) is 0 Å². The van der Waals surface area contributed by atoms with Crippen molar-refractivity contribution in [2.24, 2.45) is 7.05 Å². The van der Waals surface area contributed by atoms with Crippen LogP contribution >= 0.6 is 11.8 Å². The molecule has 2 heterocycles. The number of fused-ring (bicyclic) bond motifs is 1. The molecular weight excluding hydrogens is 328 g/mol. The molecule has 0 radical (unpaired) electrons. The number of thioether (sulfide) groups is 1. The first kappa shape index (κ1) is 16.5. The van der Waals surface area contributed by atoms with Gasteiger partial charge in [0.1, 0.15) is 0 Å². The van der Waals surface area contributed by atoms with Gasteiger partial charge in [0.25, 0.3) is 5.56 Å². The Morgan fingerprint density at radius 1 is 1.25 bits per heavy atom. The van der Waals surface area contributed by atoms with Crippen molar-refractivity contribution in [3.05, 3.63) is 56.7 Å². The number of nitrogens with one attached hydrogen (secondary N) is 1. The Labute approximate surface area is 142 Å². The number of ether oxygens (including phenoxy) is 1. The second-order valence-electron chi connectivity index (χ2n) is 5.30. The Hall–Kier alpha value is -2.32. The van der Waals surface area contributed by atoms with Crippen molar-refractivity contribution >= 4 is 22.9 Å². The minimum absolute atomic E-state index is 0.385. The highest BCUT2D eigenvalue weighted by atomic mass is 32.2. The molecule has 0 spiro atoms. The number of aromatic amines is 1. The summed E-state index contributed by atoms with van der Waals surface area (Å²) in [6.45, 7) is 0.943. The highest BCUT2D eigenvalue weighted by molar-refractivity contribution is 7.98. The van der Waals surface area contributed by atoms with Crippen LogP contribution in [0.4, 0.5) is 0 Å². The summed E-state index contributed by atoms with van der Waals surface area (Å²) in [5.74, 6) is 0.725. The van der Waals surface area contributed by atoms with Crippen LogP contribution < -0.4 is 11.2 Å². The highest BCUT2D eigenvalue weighted by Crippen LogP contribution is 2.24. The summed E-state index contributed by atoms with van der Waals surface area (Å²) in [5, 5.41) is 0.692. The summed E-state index contributed by atoms with van der Waals surface area (Å²) in [6, 6.07) is 10.0. The quantitative estimate of drug-likeness (QED) is 0.682. The summed E-state index contributed by atoms with van der Waals surface area (Å²) in [4.78, 5) is 30.9. The van der Waals surface area contributed by atoms with Gasteiger partial charge < -0.3 is 9.30 Å². The number of aryl methyl sites for hydroxylation is 1. The van der Waals surface area contributed by atoms with E-state index in [1.807, 2.05) is 34.9 Å². The Bertz CT molecular complexity index is 959. The normalized spacial score (nSPS) is 11.2. The predicted octanol–water partition coefficient (Wildman–Crippen LogP) is 1.36. The predicted molar refractivity (Wildman–Crippen MR) is 93.5 cm³/mol. The lowest BCUT2D eigenvalue weighted by atomic mass is 10.2. The first-order valence-corrected chi connectivity index (χ1v) is 8.45. The van der Waals surface area contributed by atoms with Gasteiger partial charge in [-0.05, 0) is 5.56 Å². The molecule has 0 aliphatic heterocycles. The number of H-pyrrole nitrogens is 1. The van der Waals surface area contributed by atoms with E-state index in [-0.39, 0.29) is 0 Å². The maximum atomic E-state index is 12.2. The molecule has 0 aliphatic carbocycles. The molecule has 0 amide bonds. The zero-order chi connectivity index (χ0) is 17.1. The van der Waals surface area contributed by atoms with E-state index in [1.165, 1.54) is 16.3 Å². The fourth-order valence-electron chi connectivity index (χ4n) is 2.44. The van der Waals surface area contributed by atoms with Crippen molar-refractivity contribution in [2.45, 2.75) is 17.5 Å². The maximum Gasteiger partial charge on any atom is 0.329 e. The number of benzene rings is 1. The molecule has 8 heteroatoms. The Morgan fingerprint density at radius 3 is 2.71 bits per heavy atom. The summed E-state index contributed by atoms with van der Waals surface area (Å²) >= 11 is 1.53. The molecule has 2 aromatic heterocycles. The number of nitrogens with zero attached hydrogens (tertiary/aromatic N) is 3. The fourth-order valence-corrected chi connectivity index (χ4v) is 3.41. The van der Waals surface area contributed by atoms with Crippen LogP contribution in [0.15, 0.2) is 45.1 Å². The molecule has 0 saturated carbocycles. The Kier molecular flexibility index (Phi) is 4.86. The third-order valence-electron chi connectivity index (χ3n) is 3.70. The van der Waals surface area contributed by atoms with Gasteiger partial charge in [-0.25, -0.2) is 9.78 Å². The first-order valence-electron chi connectivity index (χ1n) is 7.47. The molecule has 0 fully saturated rings. The van der Waals surface area contributed by atoms with Crippen LogP contribution in [0.1, 0.15) is 5.56 Å². The van der Waals surface area contributed by atoms with E-state index < -0.39 is 11.2 Å². The zero-order valence-corrected chi connectivity index (χ0v) is 14.3. The third kappa shape index (κ3) is 3.15. The van der Waals surface area contributed by atoms with Gasteiger partial charge in [0, 0.05) is 26.5 Å². The van der Waals surface area contributed by atoms with E-state index in [1.54, 1.807) is 14.2 Å². The largest absolute Gasteiger partial charge is 0.383 e. The lowest BCUT2D eigenvalue weighted by molar-refractivity contribution is 0.186. The Balaban J connectivity index is 2.05. The fraction of sp³-hybridized carbons (Fsp3) is 0.312. The van der Waals surface area contributed by atoms with Gasteiger partial charge in [0.15, 0.2) is 16.3 Å². The van der Waals surface area contributed by atoms with Crippen LogP contribution in [0.2, 0.25) is 0 Å². The van der Waals surface area contributed by atoms with Crippen molar-refractivity contribution in [3.63, 3.8) is 0 Å². The molecule has 3 rings (SSSR count). The van der Waals surface area contributed by atoms with Crippen molar-refractivity contribution in [1.29, 1.82) is 0 Å². The first-order chi connectivity index (χ1) is 11.6. The summed E-state index contributed by atoms with van der Waals surface area (Å²) in [5.41, 5.74) is 1.04. The second kappa shape index (κ2) is 7.06. The molecule has 1 aromatic carbocycles. The van der Waals surface area contributed by atoms with E-state index >= 15 is 0 Å². The van der Waals surface area contributed by atoms with Gasteiger partial charge in [-0.15, -0.1) is 0 Å². The van der Waals surface area contributed by atoms with Crippen LogP contribution in [-0.2, 0) is 24.1 Å². The van der Waals surface area contributed by atoms with Crippen LogP contribution in [0.25, 0.3) is 11.2 Å². The van der Waals surface area contributed by atoms with Crippen LogP contribution in [-0.4, -0.2) is 32.8 Å². The standard InChI is InChI=1S/C16H18N4O3S/c1-19-13-12(14(21)18-15(19)22)20(8-9-23-2)16(17-13)24-10-11-6-4-3-5-7-11/h3-7H,8-10H2,1-2H3,(H,18,21,22). The van der Waals surface area contributed by atoms with Gasteiger partial charge in [0.05, 0.1) is 6.61 Å². The smallest absolute Gasteiger partial charge is 0.329 e. The minimum Gasteiger partial charge on any atom is -0.383 e. The third-order valence-corrected chi connectivity index (χ3v) is 4.75. The molecule has 3 aromatic rings. The summed E-state index contributed by atoms with van der Waals surface area (Å²) in [7, 11) is 3.20. The maximum absolute atomic E-state index is 12.2. The molecule has 0 atom stereocenters. The number of imidazole rings is 1. The highest BCUT2D eigenvalue weighted by Gasteiger charge is 2.17. The minimum atomic E-state index is -0.469. The monoisotopic (exact) mass is 346 g/mol. The molecule has 126 valence electrons. The Morgan fingerprint density at radius 2 is 2.00 bits per heavy atom. The molecule has 7 nitrogen and oxygen atoms in total. The number of aromatic nitrogens is 4. The molecule has 0 saturated heterocycles. The molecular formula is C16H18N4O3S. The van der Waals surface area contributed by atoms with Crippen molar-refractivity contribution in [3.8, 4) is 0 Å². The number of methoxy groups -OCH3 is 1. The van der Waals surface area contributed by atoms with Crippen molar-refractivity contribution in [1.82, 2.24) is 19.1 Å². The SMILES string of the molecule is COCCn1c(SCc2ccccc2)nc2c1c(=O)[nH]c(=O)n2C. The van der Waals surface area contributed by atoms with E-state index in [0.29, 0.717) is 29.5 Å². The van der Waals surface area contributed by atoms with Gasteiger partial charge >= 0.3 is 5.69 Å². The molecule has 0 aliphatic rings. The van der Waals surface area contributed by atoms with Crippen molar-refractivity contribution in [2.75, 3.05) is 13.7 Å². The number of hydrogen-bond donors (Lipinski definition) is 1. The van der Waals surface area contributed by atoms with Gasteiger partial charge in [0.2, 0.25) is 0 Å². The molecule has 24 heavy (non-hydrogen) atoms. The van der Waals surface area contributed by atoms with Gasteiger partial charge in [-0.3, -0.25) is 14.3 Å². The van der Waals surface area contributed by atoms with E-state index in [9.17, 15) is 9.59 Å². The second-order valence-corrected chi connectivity index (χ2v) is 6.25. The molecule has 0 bridgehead atoms. The summed E-state index contributed by atoms with van der Waals surface area (Å²) in [6.07, 6.45) is 0. The number of rotatable bonds is 6. The average molecular weight is 346 g/mol. The van der Waals surface area contributed by atoms with Crippen molar-refractivity contribution < 1.29 is 4.74 Å². The van der Waals surface area contributed by atoms with E-state index in [4.69, 9.17) is 4.74 Å². The van der Waals surface area contributed by atoms with Gasteiger partial charge in [-0.1, -0.05) is 42.1 Å². The van der Waals surface area contributed by atoms with Crippen LogP contribution in [0.3, 0.4) is 0 Å². The lowest BCUT2D eigenvalue weighted by Gasteiger charge is -2.07. The van der Waals surface area contributed by atoms with E-state index in [2.05, 4.69) is 9.97 Å². The topological polar surface area (TPSA) is 81.9 Å². The zero-order valence-electron chi connectivity index (χ0n) is 13.5. The summed E-state index contributed by atoms with van der Waals surface area (Å²) < 4.78 is 8.30. The van der Waals surface area contributed by atoms with Crippen LogP contribution in [0, 0.1) is 0 Å². The lowest BCUT2D eigenvalue weighted by Crippen LogP contribution is -2.29.